The molecule has 0 aromatic carbocycles. The average molecular weight is 170 g/mol. The van der Waals surface area contributed by atoms with Crippen molar-refractivity contribution in [1.29, 1.82) is 0 Å². The average Bonchev–Trinajstić information content (AvgIpc) is 2.34. The molecule has 0 aliphatic rings. The van der Waals surface area contributed by atoms with Crippen LogP contribution < -0.4 is 0 Å². The third kappa shape index (κ3) is 5.22. The van der Waals surface area contributed by atoms with Gasteiger partial charge in [0.25, 0.3) is 5.97 Å². The monoisotopic (exact) mass is 170 g/mol. The predicted octanol–water partition coefficient (Wildman–Crippen LogP) is 1.57. The van der Waals surface area contributed by atoms with Crippen LogP contribution in [0.2, 0.25) is 0 Å². The lowest BCUT2D eigenvalue weighted by Crippen LogP contribution is -1.85. The molecular formula is C8H10O4. The Morgan fingerprint density at radius 2 is 1.92 bits per heavy atom. The van der Waals surface area contributed by atoms with E-state index in [-0.39, 0.29) is 5.78 Å². The van der Waals surface area contributed by atoms with Gasteiger partial charge in [-0.05, 0) is 12.1 Å². The Bertz CT molecular complexity index is 244. The number of carbonyl (C=O) groups is 2. The van der Waals surface area contributed by atoms with Gasteiger partial charge in [-0.2, -0.15) is 0 Å². The number of aliphatic carboxylic acids is 1. The van der Waals surface area contributed by atoms with Crippen LogP contribution >= 0.6 is 0 Å². The van der Waals surface area contributed by atoms with Crippen LogP contribution in [-0.4, -0.2) is 16.9 Å². The van der Waals surface area contributed by atoms with E-state index < -0.39 is 5.97 Å². The van der Waals surface area contributed by atoms with E-state index in [1.165, 1.54) is 13.2 Å². The van der Waals surface area contributed by atoms with Crippen molar-refractivity contribution in [2.75, 3.05) is 0 Å². The molecule has 0 amide bonds. The normalized spacial score (nSPS) is 8.17. The number of furan rings is 1. The van der Waals surface area contributed by atoms with Crippen LogP contribution in [0.1, 0.15) is 24.4 Å². The quantitative estimate of drug-likeness (QED) is 0.649. The number of carboxylic acid groups (broad SMARTS) is 1. The molecule has 1 N–H and O–H groups in total. The minimum absolute atomic E-state index is 0.0324. The van der Waals surface area contributed by atoms with Crippen LogP contribution in [0.5, 0.6) is 0 Å². The van der Waals surface area contributed by atoms with Crippen molar-refractivity contribution in [3.63, 3.8) is 0 Å². The summed E-state index contributed by atoms with van der Waals surface area (Å²) in [4.78, 5) is 19.4. The topological polar surface area (TPSA) is 67.5 Å². The Hall–Kier alpha value is -1.58. The molecule has 1 aromatic rings. The molecule has 1 heterocycles. The molecule has 0 spiro atoms. The fourth-order valence-electron chi connectivity index (χ4n) is 0.479. The number of Topliss-reactive ketones (excluding diaryl/α,β-unsaturated/α-hetero) is 1. The maximum absolute atomic E-state index is 10.4. The van der Waals surface area contributed by atoms with Gasteiger partial charge in [-0.15, -0.1) is 0 Å². The van der Waals surface area contributed by atoms with Crippen molar-refractivity contribution >= 4 is 11.8 Å². The van der Waals surface area contributed by atoms with E-state index in [0.29, 0.717) is 5.76 Å². The standard InChI is InChI=1S/C6H6O2.C2H4O2/c1-5(7)6-3-2-4-8-6;1-2(3)4/h2-4H,1H3;1H3,(H,3,4). The fraction of sp³-hybridized carbons (Fsp3) is 0.250. The van der Waals surface area contributed by atoms with Crippen molar-refractivity contribution in [1.82, 2.24) is 0 Å². The minimum atomic E-state index is -0.833. The minimum Gasteiger partial charge on any atom is -0.481 e. The zero-order valence-electron chi connectivity index (χ0n) is 6.90. The van der Waals surface area contributed by atoms with Crippen LogP contribution in [0.25, 0.3) is 0 Å². The SMILES string of the molecule is CC(=O)O.CC(=O)c1ccco1. The number of ketones is 1. The van der Waals surface area contributed by atoms with Crippen molar-refractivity contribution in [3.8, 4) is 0 Å². The summed E-state index contributed by atoms with van der Waals surface area (Å²) in [6, 6.07) is 3.33. The van der Waals surface area contributed by atoms with Gasteiger partial charge in [-0.3, -0.25) is 9.59 Å². The number of carboxylic acids is 1. The Balaban J connectivity index is 0.000000261. The van der Waals surface area contributed by atoms with Gasteiger partial charge in [0.1, 0.15) is 0 Å². The lowest BCUT2D eigenvalue weighted by molar-refractivity contribution is -0.134. The molecule has 1 aromatic heterocycles. The third-order valence-corrected chi connectivity index (χ3v) is 0.868. The van der Waals surface area contributed by atoms with Crippen molar-refractivity contribution in [2.45, 2.75) is 13.8 Å². The van der Waals surface area contributed by atoms with E-state index in [1.54, 1.807) is 12.1 Å². The van der Waals surface area contributed by atoms with E-state index in [1.807, 2.05) is 0 Å². The Kier molecular flexibility index (Phi) is 4.45. The first-order valence-corrected chi connectivity index (χ1v) is 3.28. The fourth-order valence-corrected chi connectivity index (χ4v) is 0.479. The molecule has 12 heavy (non-hydrogen) atoms. The molecule has 1 rings (SSSR count). The Labute approximate surface area is 69.8 Å². The zero-order chi connectivity index (χ0) is 9.56. The maximum Gasteiger partial charge on any atom is 0.300 e. The van der Waals surface area contributed by atoms with Crippen molar-refractivity contribution < 1.29 is 19.1 Å². The molecule has 0 unspecified atom stereocenters. The second kappa shape index (κ2) is 5.12. The zero-order valence-corrected chi connectivity index (χ0v) is 6.90. The summed E-state index contributed by atoms with van der Waals surface area (Å²) in [7, 11) is 0. The van der Waals surface area contributed by atoms with Gasteiger partial charge in [-0.25, -0.2) is 0 Å². The summed E-state index contributed by atoms with van der Waals surface area (Å²) >= 11 is 0. The molecule has 4 nitrogen and oxygen atoms in total. The second-order valence-corrected chi connectivity index (χ2v) is 2.05. The lowest BCUT2D eigenvalue weighted by atomic mass is 10.3. The Morgan fingerprint density at radius 3 is 2.08 bits per heavy atom. The first kappa shape index (κ1) is 10.4. The second-order valence-electron chi connectivity index (χ2n) is 2.05. The molecule has 0 atom stereocenters. The van der Waals surface area contributed by atoms with E-state index in [9.17, 15) is 4.79 Å². The van der Waals surface area contributed by atoms with Crippen LogP contribution in [0.15, 0.2) is 22.8 Å². The first-order valence-electron chi connectivity index (χ1n) is 3.28. The van der Waals surface area contributed by atoms with Crippen LogP contribution in [0, 0.1) is 0 Å². The van der Waals surface area contributed by atoms with Crippen LogP contribution in [-0.2, 0) is 4.79 Å². The summed E-state index contributed by atoms with van der Waals surface area (Å²) in [5, 5.41) is 7.42. The van der Waals surface area contributed by atoms with E-state index in [0.717, 1.165) is 6.92 Å². The van der Waals surface area contributed by atoms with E-state index in [2.05, 4.69) is 0 Å². The number of rotatable bonds is 1. The van der Waals surface area contributed by atoms with Crippen molar-refractivity contribution in [3.05, 3.63) is 24.2 Å². The molecule has 0 aliphatic carbocycles. The highest BCUT2D eigenvalue weighted by molar-refractivity contribution is 5.91. The summed E-state index contributed by atoms with van der Waals surface area (Å²) < 4.78 is 4.75. The molecular weight excluding hydrogens is 160 g/mol. The van der Waals surface area contributed by atoms with Gasteiger partial charge in [0.2, 0.25) is 0 Å². The summed E-state index contributed by atoms with van der Waals surface area (Å²) in [5.74, 6) is -0.444. The molecule has 0 bridgehead atoms. The van der Waals surface area contributed by atoms with Gasteiger partial charge >= 0.3 is 0 Å². The van der Waals surface area contributed by atoms with Crippen LogP contribution in [0.3, 0.4) is 0 Å². The molecule has 0 radical (unpaired) electrons. The highest BCUT2D eigenvalue weighted by Gasteiger charge is 1.97. The number of carbonyl (C=O) groups excluding carboxylic acids is 1. The lowest BCUT2D eigenvalue weighted by Gasteiger charge is -1.80. The molecule has 0 aliphatic heterocycles. The molecule has 4 heteroatoms. The van der Waals surface area contributed by atoms with Gasteiger partial charge in [0.15, 0.2) is 11.5 Å². The summed E-state index contributed by atoms with van der Waals surface area (Å²) in [5.41, 5.74) is 0. The van der Waals surface area contributed by atoms with Crippen molar-refractivity contribution in [2.24, 2.45) is 0 Å². The highest BCUT2D eigenvalue weighted by Crippen LogP contribution is 1.98. The molecule has 0 saturated carbocycles. The highest BCUT2D eigenvalue weighted by atomic mass is 16.4. The molecule has 0 saturated heterocycles. The van der Waals surface area contributed by atoms with Gasteiger partial charge < -0.3 is 9.52 Å². The smallest absolute Gasteiger partial charge is 0.300 e. The third-order valence-electron chi connectivity index (χ3n) is 0.868. The molecule has 66 valence electrons. The van der Waals surface area contributed by atoms with E-state index >= 15 is 0 Å². The van der Waals surface area contributed by atoms with E-state index in [4.69, 9.17) is 14.3 Å². The summed E-state index contributed by atoms with van der Waals surface area (Å²) in [6.45, 7) is 2.55. The molecule has 0 fully saturated rings. The largest absolute Gasteiger partial charge is 0.481 e. The number of hydrogen-bond donors (Lipinski definition) is 1. The van der Waals surface area contributed by atoms with Crippen LogP contribution in [0.4, 0.5) is 0 Å². The predicted molar refractivity (Wildman–Crippen MR) is 42.0 cm³/mol. The maximum atomic E-state index is 10.4. The first-order chi connectivity index (χ1) is 5.54. The summed E-state index contributed by atoms with van der Waals surface area (Å²) in [6.07, 6.45) is 1.48. The van der Waals surface area contributed by atoms with Gasteiger partial charge in [0.05, 0.1) is 6.26 Å². The van der Waals surface area contributed by atoms with Gasteiger partial charge in [-0.1, -0.05) is 0 Å². The van der Waals surface area contributed by atoms with Gasteiger partial charge in [0, 0.05) is 13.8 Å². The number of hydrogen-bond acceptors (Lipinski definition) is 3. The Morgan fingerprint density at radius 1 is 1.42 bits per heavy atom.